The molecule has 3 rings (SSSR count). The molecular weight excluding hydrogens is 248 g/mol. The van der Waals surface area contributed by atoms with E-state index in [9.17, 15) is 5.11 Å². The van der Waals surface area contributed by atoms with Crippen LogP contribution in [-0.4, -0.2) is 40.7 Å². The van der Waals surface area contributed by atoms with Gasteiger partial charge >= 0.3 is 0 Å². The Bertz CT molecular complexity index is 479. The van der Waals surface area contributed by atoms with E-state index in [2.05, 4.69) is 16.0 Å². The number of halogens is 1. The average molecular weight is 265 g/mol. The maximum absolute atomic E-state index is 9.50. The number of aliphatic hydroxyl groups excluding tert-OH is 1. The summed E-state index contributed by atoms with van der Waals surface area (Å²) in [6, 6.07) is 2.05. The Morgan fingerprint density at radius 1 is 1.39 bits per heavy atom. The average Bonchev–Trinajstić information content (AvgIpc) is 2.76. The van der Waals surface area contributed by atoms with Gasteiger partial charge in [-0.25, -0.2) is 4.98 Å². The van der Waals surface area contributed by atoms with Crippen LogP contribution in [0.4, 0.5) is 0 Å². The molecule has 3 nitrogen and oxygen atoms in total. The van der Waals surface area contributed by atoms with Crippen LogP contribution in [0.2, 0.25) is 5.15 Å². The molecule has 1 saturated heterocycles. The van der Waals surface area contributed by atoms with Gasteiger partial charge in [0.25, 0.3) is 0 Å². The van der Waals surface area contributed by atoms with Gasteiger partial charge in [0, 0.05) is 31.4 Å². The summed E-state index contributed by atoms with van der Waals surface area (Å²) in [5.41, 5.74) is 3.77. The van der Waals surface area contributed by atoms with E-state index < -0.39 is 0 Å². The number of piperidine rings is 1. The molecule has 1 fully saturated rings. The van der Waals surface area contributed by atoms with Crippen LogP contribution in [0.15, 0.2) is 17.8 Å². The molecule has 1 aromatic heterocycles. The number of pyridine rings is 1. The quantitative estimate of drug-likeness (QED) is 0.832. The third-order valence-corrected chi connectivity index (χ3v) is 4.08. The van der Waals surface area contributed by atoms with E-state index >= 15 is 0 Å². The highest BCUT2D eigenvalue weighted by Gasteiger charge is 2.21. The number of rotatable bonds is 2. The van der Waals surface area contributed by atoms with E-state index in [-0.39, 0.29) is 6.10 Å². The second-order valence-corrected chi connectivity index (χ2v) is 5.52. The molecular formula is C14H17ClN2O. The number of aromatic nitrogens is 1. The van der Waals surface area contributed by atoms with Crippen molar-refractivity contribution in [1.29, 1.82) is 0 Å². The Morgan fingerprint density at radius 2 is 2.17 bits per heavy atom. The van der Waals surface area contributed by atoms with Crippen molar-refractivity contribution in [3.8, 4) is 0 Å². The van der Waals surface area contributed by atoms with Gasteiger partial charge in [0.15, 0.2) is 0 Å². The van der Waals surface area contributed by atoms with E-state index in [1.54, 1.807) is 6.20 Å². The summed E-state index contributed by atoms with van der Waals surface area (Å²) in [4.78, 5) is 6.52. The number of hydrogen-bond acceptors (Lipinski definition) is 3. The number of likely N-dealkylation sites (tertiary alicyclic amines) is 1. The predicted octanol–water partition coefficient (Wildman–Crippen LogP) is 2.13. The molecule has 1 aliphatic carbocycles. The maximum Gasteiger partial charge on any atom is 0.136 e. The van der Waals surface area contributed by atoms with Crippen molar-refractivity contribution >= 4 is 17.7 Å². The summed E-state index contributed by atoms with van der Waals surface area (Å²) in [7, 11) is 0. The van der Waals surface area contributed by atoms with Gasteiger partial charge in [-0.05, 0) is 30.9 Å². The Kier molecular flexibility index (Phi) is 3.37. The van der Waals surface area contributed by atoms with Crippen LogP contribution >= 0.6 is 11.6 Å². The smallest absolute Gasteiger partial charge is 0.136 e. The number of fused-ring (bicyclic) bond motifs is 1. The Morgan fingerprint density at radius 3 is 2.89 bits per heavy atom. The second-order valence-electron chi connectivity index (χ2n) is 5.16. The van der Waals surface area contributed by atoms with Gasteiger partial charge in [-0.1, -0.05) is 23.3 Å². The van der Waals surface area contributed by atoms with Gasteiger partial charge in [0.2, 0.25) is 0 Å². The highest BCUT2D eigenvalue weighted by atomic mass is 35.5. The fourth-order valence-corrected chi connectivity index (χ4v) is 2.99. The molecule has 1 aliphatic heterocycles. The summed E-state index contributed by atoms with van der Waals surface area (Å²) in [5, 5.41) is 10.1. The minimum Gasteiger partial charge on any atom is -0.393 e. The van der Waals surface area contributed by atoms with Gasteiger partial charge in [-0.2, -0.15) is 0 Å². The Labute approximate surface area is 112 Å². The van der Waals surface area contributed by atoms with Gasteiger partial charge < -0.3 is 5.11 Å². The lowest BCUT2D eigenvalue weighted by Gasteiger charge is -2.29. The topological polar surface area (TPSA) is 36.4 Å². The third kappa shape index (κ3) is 2.44. The summed E-state index contributed by atoms with van der Waals surface area (Å²) in [6.07, 6.45) is 6.61. The van der Waals surface area contributed by atoms with Crippen molar-refractivity contribution in [2.24, 2.45) is 0 Å². The molecule has 0 amide bonds. The van der Waals surface area contributed by atoms with Crippen molar-refractivity contribution in [2.45, 2.75) is 25.4 Å². The first kappa shape index (κ1) is 12.2. The molecule has 2 aliphatic rings. The fraction of sp³-hybridized carbons (Fsp3) is 0.500. The van der Waals surface area contributed by atoms with Crippen molar-refractivity contribution in [3.05, 3.63) is 34.1 Å². The highest BCUT2D eigenvalue weighted by Crippen LogP contribution is 2.30. The standard InChI is InChI=1S/C14H17ClN2O/c15-14-13-8-10(7-11(13)1-4-16-14)9-17-5-2-12(18)3-6-17/h1,4,8,12,18H,2-3,5-7,9H2. The molecule has 0 unspecified atom stereocenters. The van der Waals surface area contributed by atoms with Gasteiger partial charge in [0.1, 0.15) is 5.15 Å². The Hall–Kier alpha value is -0.900. The number of aliphatic hydroxyl groups is 1. The number of nitrogens with zero attached hydrogens (tertiary/aromatic N) is 2. The van der Waals surface area contributed by atoms with E-state index in [4.69, 9.17) is 11.6 Å². The first-order valence-corrected chi connectivity index (χ1v) is 6.83. The lowest BCUT2D eigenvalue weighted by Crippen LogP contribution is -2.36. The molecule has 0 spiro atoms. The normalized spacial score (nSPS) is 20.9. The zero-order valence-corrected chi connectivity index (χ0v) is 11.0. The van der Waals surface area contributed by atoms with Crippen LogP contribution < -0.4 is 0 Å². The van der Waals surface area contributed by atoms with Crippen LogP contribution in [0, 0.1) is 0 Å². The van der Waals surface area contributed by atoms with E-state index in [0.717, 1.165) is 44.5 Å². The third-order valence-electron chi connectivity index (χ3n) is 3.78. The van der Waals surface area contributed by atoms with E-state index in [1.165, 1.54) is 11.1 Å². The zero-order valence-electron chi connectivity index (χ0n) is 10.3. The number of hydrogen-bond donors (Lipinski definition) is 1. The molecule has 0 radical (unpaired) electrons. The van der Waals surface area contributed by atoms with Crippen LogP contribution in [0.3, 0.4) is 0 Å². The van der Waals surface area contributed by atoms with Crippen molar-refractivity contribution in [2.75, 3.05) is 19.6 Å². The highest BCUT2D eigenvalue weighted by molar-refractivity contribution is 6.31. The largest absolute Gasteiger partial charge is 0.393 e. The SMILES string of the molecule is OC1CCN(CC2=Cc3c(ccnc3Cl)C2)CC1. The zero-order chi connectivity index (χ0) is 12.5. The summed E-state index contributed by atoms with van der Waals surface area (Å²) < 4.78 is 0. The molecule has 0 aromatic carbocycles. The predicted molar refractivity (Wildman–Crippen MR) is 72.6 cm³/mol. The molecule has 1 N–H and O–H groups in total. The lowest BCUT2D eigenvalue weighted by molar-refractivity contribution is 0.0868. The molecule has 4 heteroatoms. The lowest BCUT2D eigenvalue weighted by atomic mass is 10.1. The molecule has 18 heavy (non-hydrogen) atoms. The first-order valence-electron chi connectivity index (χ1n) is 6.45. The minimum atomic E-state index is -0.102. The van der Waals surface area contributed by atoms with Crippen LogP contribution in [0.5, 0.6) is 0 Å². The molecule has 96 valence electrons. The molecule has 2 heterocycles. The monoisotopic (exact) mass is 264 g/mol. The fourth-order valence-electron chi connectivity index (χ4n) is 2.76. The van der Waals surface area contributed by atoms with Gasteiger partial charge in [-0.15, -0.1) is 0 Å². The summed E-state index contributed by atoms with van der Waals surface area (Å²) >= 11 is 6.09. The van der Waals surface area contributed by atoms with Crippen LogP contribution in [0.1, 0.15) is 24.0 Å². The minimum absolute atomic E-state index is 0.102. The van der Waals surface area contributed by atoms with Crippen LogP contribution in [0.25, 0.3) is 6.08 Å². The van der Waals surface area contributed by atoms with Crippen molar-refractivity contribution < 1.29 is 5.11 Å². The maximum atomic E-state index is 9.50. The van der Waals surface area contributed by atoms with Gasteiger partial charge in [-0.3, -0.25) is 4.90 Å². The van der Waals surface area contributed by atoms with Crippen LogP contribution in [-0.2, 0) is 6.42 Å². The first-order chi connectivity index (χ1) is 8.72. The van der Waals surface area contributed by atoms with Crippen molar-refractivity contribution in [1.82, 2.24) is 9.88 Å². The Balaban J connectivity index is 1.66. The molecule has 0 saturated carbocycles. The summed E-state index contributed by atoms with van der Waals surface area (Å²) in [5.74, 6) is 0. The van der Waals surface area contributed by atoms with E-state index in [0.29, 0.717) is 5.15 Å². The molecule has 0 atom stereocenters. The second kappa shape index (κ2) is 5.00. The molecule has 1 aromatic rings. The van der Waals surface area contributed by atoms with Crippen molar-refractivity contribution in [3.63, 3.8) is 0 Å². The van der Waals surface area contributed by atoms with Gasteiger partial charge in [0.05, 0.1) is 6.10 Å². The summed E-state index contributed by atoms with van der Waals surface area (Å²) in [6.45, 7) is 2.96. The molecule has 0 bridgehead atoms. The van der Waals surface area contributed by atoms with E-state index in [1.807, 2.05) is 6.07 Å².